The lowest BCUT2D eigenvalue weighted by Gasteiger charge is -2.07. The third-order valence-corrected chi connectivity index (χ3v) is 2.66. The number of hydrogen-bond acceptors (Lipinski definition) is 2. The van der Waals surface area contributed by atoms with Crippen molar-refractivity contribution in [2.75, 3.05) is 0 Å². The molecule has 1 unspecified atom stereocenters. The number of carboxylic acid groups (broad SMARTS) is 1. The van der Waals surface area contributed by atoms with Crippen molar-refractivity contribution in [1.82, 2.24) is 0 Å². The summed E-state index contributed by atoms with van der Waals surface area (Å²) in [6.07, 6.45) is 0.208. The molecule has 0 aromatic heterocycles. The zero-order valence-electron chi connectivity index (χ0n) is 7.43. The summed E-state index contributed by atoms with van der Waals surface area (Å²) in [5, 5.41) is 8.67. The van der Waals surface area contributed by atoms with Crippen LogP contribution in [0.15, 0.2) is 35.2 Å². The molecule has 1 N–H and O–H groups in total. The Labute approximate surface area is 82.0 Å². The first-order valence-electron chi connectivity index (χ1n) is 4.12. The maximum atomic E-state index is 10.4. The fourth-order valence-corrected chi connectivity index (χ4v) is 2.02. The molecule has 13 heavy (non-hydrogen) atoms. The first-order valence-corrected chi connectivity index (χ1v) is 5.00. The first-order chi connectivity index (χ1) is 6.18. The molecule has 1 aromatic rings. The van der Waals surface area contributed by atoms with Crippen molar-refractivity contribution in [2.24, 2.45) is 0 Å². The van der Waals surface area contributed by atoms with Crippen molar-refractivity contribution < 1.29 is 9.90 Å². The van der Waals surface area contributed by atoms with Gasteiger partial charge in [0.15, 0.2) is 0 Å². The van der Waals surface area contributed by atoms with Gasteiger partial charge in [0.25, 0.3) is 0 Å². The summed E-state index contributed by atoms with van der Waals surface area (Å²) in [4.78, 5) is 11.5. The van der Waals surface area contributed by atoms with E-state index in [9.17, 15) is 4.79 Å². The van der Waals surface area contributed by atoms with Gasteiger partial charge in [-0.25, -0.2) is 0 Å². The molecule has 0 radical (unpaired) electrons. The van der Waals surface area contributed by atoms with Crippen LogP contribution in [0.2, 0.25) is 0 Å². The number of carboxylic acids is 1. The molecule has 0 bridgehead atoms. The van der Waals surface area contributed by atoms with E-state index in [1.54, 1.807) is 11.8 Å². The van der Waals surface area contributed by atoms with Gasteiger partial charge in [0.2, 0.25) is 0 Å². The van der Waals surface area contributed by atoms with Crippen LogP contribution >= 0.6 is 11.8 Å². The molecule has 1 atom stereocenters. The van der Waals surface area contributed by atoms with Crippen LogP contribution in [0.3, 0.4) is 0 Å². The molecule has 0 saturated heterocycles. The van der Waals surface area contributed by atoms with Crippen molar-refractivity contribution in [3.8, 4) is 0 Å². The number of thioether (sulfide) groups is 1. The molecule has 0 amide bonds. The van der Waals surface area contributed by atoms with Crippen LogP contribution in [0.4, 0.5) is 0 Å². The lowest BCUT2D eigenvalue weighted by atomic mass is 10.3. The molecule has 0 fully saturated rings. The topological polar surface area (TPSA) is 37.3 Å². The van der Waals surface area contributed by atoms with E-state index in [0.29, 0.717) is 0 Å². The van der Waals surface area contributed by atoms with Gasteiger partial charge < -0.3 is 5.11 Å². The van der Waals surface area contributed by atoms with Crippen molar-refractivity contribution >= 4 is 17.7 Å². The summed E-state index contributed by atoms with van der Waals surface area (Å²) in [7, 11) is 0. The van der Waals surface area contributed by atoms with E-state index in [-0.39, 0.29) is 11.7 Å². The second kappa shape index (κ2) is 4.92. The average Bonchev–Trinajstić information content (AvgIpc) is 2.04. The van der Waals surface area contributed by atoms with Crippen LogP contribution in [-0.4, -0.2) is 16.3 Å². The fraction of sp³-hybridized carbons (Fsp3) is 0.300. The molecule has 0 heterocycles. The van der Waals surface area contributed by atoms with Crippen molar-refractivity contribution in [1.29, 1.82) is 0 Å². The van der Waals surface area contributed by atoms with Crippen LogP contribution in [0, 0.1) is 0 Å². The van der Waals surface area contributed by atoms with Gasteiger partial charge in [-0.3, -0.25) is 4.79 Å². The Bertz CT molecular complexity index is 272. The molecule has 3 heteroatoms. The van der Waals surface area contributed by atoms with Gasteiger partial charge in [-0.1, -0.05) is 25.1 Å². The molecule has 2 nitrogen and oxygen atoms in total. The molecule has 0 aliphatic heterocycles. The lowest BCUT2D eigenvalue weighted by Crippen LogP contribution is -2.05. The Balaban J connectivity index is 2.45. The molecule has 0 aliphatic rings. The van der Waals surface area contributed by atoms with Crippen LogP contribution < -0.4 is 0 Å². The fourth-order valence-electron chi connectivity index (χ4n) is 1.02. The number of benzene rings is 1. The van der Waals surface area contributed by atoms with Gasteiger partial charge in [-0.2, -0.15) is 0 Å². The van der Waals surface area contributed by atoms with Crippen LogP contribution in [-0.2, 0) is 4.79 Å². The highest BCUT2D eigenvalue weighted by molar-refractivity contribution is 8.00. The molecule has 0 saturated carbocycles. The van der Waals surface area contributed by atoms with Crippen molar-refractivity contribution in [3.63, 3.8) is 0 Å². The van der Waals surface area contributed by atoms with Gasteiger partial charge in [-0.05, 0) is 12.1 Å². The molecule has 1 aromatic carbocycles. The van der Waals surface area contributed by atoms with Gasteiger partial charge in [0, 0.05) is 10.1 Å². The maximum absolute atomic E-state index is 10.4. The van der Waals surface area contributed by atoms with Crippen LogP contribution in [0.5, 0.6) is 0 Å². The van der Waals surface area contributed by atoms with E-state index in [4.69, 9.17) is 5.11 Å². The van der Waals surface area contributed by atoms with E-state index in [1.165, 1.54) is 0 Å². The summed E-state index contributed by atoms with van der Waals surface area (Å²) in [6.45, 7) is 1.92. The molecular weight excluding hydrogens is 184 g/mol. The highest BCUT2D eigenvalue weighted by Gasteiger charge is 2.08. The van der Waals surface area contributed by atoms with Gasteiger partial charge in [0.05, 0.1) is 6.42 Å². The number of aliphatic carboxylic acids is 1. The van der Waals surface area contributed by atoms with Crippen molar-refractivity contribution in [2.45, 2.75) is 23.5 Å². The van der Waals surface area contributed by atoms with Gasteiger partial charge in [0.1, 0.15) is 0 Å². The minimum atomic E-state index is -0.740. The Kier molecular flexibility index (Phi) is 3.83. The zero-order valence-corrected chi connectivity index (χ0v) is 8.25. The minimum absolute atomic E-state index is 0.125. The number of rotatable bonds is 4. The van der Waals surface area contributed by atoms with Crippen LogP contribution in [0.1, 0.15) is 13.3 Å². The van der Waals surface area contributed by atoms with Gasteiger partial charge >= 0.3 is 5.97 Å². The Hall–Kier alpha value is -0.960. The third-order valence-electron chi connectivity index (χ3n) is 1.54. The second-order valence-electron chi connectivity index (χ2n) is 2.84. The largest absolute Gasteiger partial charge is 0.481 e. The normalized spacial score (nSPS) is 12.4. The minimum Gasteiger partial charge on any atom is -0.481 e. The quantitative estimate of drug-likeness (QED) is 0.752. The predicted molar refractivity (Wildman–Crippen MR) is 54.0 cm³/mol. The third kappa shape index (κ3) is 3.99. The van der Waals surface area contributed by atoms with E-state index >= 15 is 0 Å². The Morgan fingerprint density at radius 2 is 2.08 bits per heavy atom. The smallest absolute Gasteiger partial charge is 0.304 e. The summed E-state index contributed by atoms with van der Waals surface area (Å²) in [5.41, 5.74) is 0. The molecule has 1 rings (SSSR count). The summed E-state index contributed by atoms with van der Waals surface area (Å²) >= 11 is 1.59. The average molecular weight is 196 g/mol. The van der Waals surface area contributed by atoms with Gasteiger partial charge in [-0.15, -0.1) is 11.8 Å². The summed E-state index contributed by atoms with van der Waals surface area (Å²) in [6, 6.07) is 9.84. The highest BCUT2D eigenvalue weighted by Crippen LogP contribution is 2.24. The predicted octanol–water partition coefficient (Wildman–Crippen LogP) is 2.64. The molecule has 0 spiro atoms. The van der Waals surface area contributed by atoms with E-state index in [1.807, 2.05) is 37.3 Å². The Morgan fingerprint density at radius 3 is 2.62 bits per heavy atom. The van der Waals surface area contributed by atoms with E-state index in [0.717, 1.165) is 4.90 Å². The monoisotopic (exact) mass is 196 g/mol. The molecule has 0 aliphatic carbocycles. The highest BCUT2D eigenvalue weighted by atomic mass is 32.2. The lowest BCUT2D eigenvalue weighted by molar-refractivity contribution is -0.136. The number of hydrogen-bond donors (Lipinski definition) is 1. The van der Waals surface area contributed by atoms with E-state index < -0.39 is 5.97 Å². The molecule has 70 valence electrons. The SMILES string of the molecule is CC(CC(=O)O)Sc1ccccc1. The van der Waals surface area contributed by atoms with Crippen molar-refractivity contribution in [3.05, 3.63) is 30.3 Å². The maximum Gasteiger partial charge on any atom is 0.304 e. The number of carbonyl (C=O) groups is 1. The van der Waals surface area contributed by atoms with E-state index in [2.05, 4.69) is 0 Å². The second-order valence-corrected chi connectivity index (χ2v) is 4.35. The standard InChI is InChI=1S/C10H12O2S/c1-8(7-10(11)12)13-9-5-3-2-4-6-9/h2-6,8H,7H2,1H3,(H,11,12). The summed E-state index contributed by atoms with van der Waals surface area (Å²) < 4.78 is 0. The molecular formula is C10H12O2S. The zero-order chi connectivity index (χ0) is 9.68. The van der Waals surface area contributed by atoms with Crippen LogP contribution in [0.25, 0.3) is 0 Å². The Morgan fingerprint density at radius 1 is 1.46 bits per heavy atom. The summed E-state index contributed by atoms with van der Waals surface area (Å²) in [5.74, 6) is -0.740. The first kappa shape index (κ1) is 10.1.